The van der Waals surface area contributed by atoms with Gasteiger partial charge in [-0.3, -0.25) is 9.36 Å². The normalized spacial score (nSPS) is 12.4. The molecular formula is C30H36N8O3. The van der Waals surface area contributed by atoms with E-state index >= 15 is 0 Å². The average molecular weight is 557 g/mol. The molecule has 0 aliphatic heterocycles. The number of aromatic nitrogens is 8. The van der Waals surface area contributed by atoms with E-state index in [9.17, 15) is 9.59 Å². The standard InChI is InChI=1S/C30H36N8O3/c1-6-7-12-25-31-28-26(29(39)37(17-19(2)3)30(40)38(28)20(4)41-5)36(25)18-21-13-15-22(16-14-21)23-10-8-9-11-24(23)27-32-34-35-33-27/h8-11,13-16,19-20H,6-7,12,17-18H2,1-5H3,(H,32,33,34,35). The van der Waals surface area contributed by atoms with Crippen molar-refractivity contribution in [3.05, 3.63) is 80.8 Å². The molecule has 11 heteroatoms. The molecule has 5 aromatic rings. The number of H-pyrrole nitrogens is 1. The summed E-state index contributed by atoms with van der Waals surface area (Å²) >= 11 is 0. The Bertz CT molecular complexity index is 1750. The van der Waals surface area contributed by atoms with Gasteiger partial charge in [-0.15, -0.1) is 10.2 Å². The Morgan fingerprint density at radius 2 is 1.71 bits per heavy atom. The van der Waals surface area contributed by atoms with E-state index in [4.69, 9.17) is 9.72 Å². The Morgan fingerprint density at radius 3 is 2.34 bits per heavy atom. The topological polar surface area (TPSA) is 126 Å². The third-order valence-corrected chi connectivity index (χ3v) is 7.27. The molecule has 0 aliphatic carbocycles. The predicted octanol–water partition coefficient (Wildman–Crippen LogP) is 4.42. The summed E-state index contributed by atoms with van der Waals surface area (Å²) in [5.41, 5.74) is 3.96. The van der Waals surface area contributed by atoms with Crippen molar-refractivity contribution in [3.63, 3.8) is 0 Å². The first-order chi connectivity index (χ1) is 19.8. The van der Waals surface area contributed by atoms with Crippen molar-refractivity contribution in [1.82, 2.24) is 39.3 Å². The van der Waals surface area contributed by atoms with Crippen molar-refractivity contribution in [2.75, 3.05) is 7.11 Å². The number of aryl methyl sites for hydroxylation is 1. The fourth-order valence-corrected chi connectivity index (χ4v) is 5.13. The highest BCUT2D eigenvalue weighted by atomic mass is 16.5. The minimum atomic E-state index is -0.579. The van der Waals surface area contributed by atoms with Crippen LogP contribution >= 0.6 is 0 Å². The minimum Gasteiger partial charge on any atom is -0.361 e. The van der Waals surface area contributed by atoms with Crippen LogP contribution in [0.25, 0.3) is 33.7 Å². The second-order valence-electron chi connectivity index (χ2n) is 10.7. The van der Waals surface area contributed by atoms with Gasteiger partial charge in [0.2, 0.25) is 5.82 Å². The summed E-state index contributed by atoms with van der Waals surface area (Å²) in [6.45, 7) is 8.65. The van der Waals surface area contributed by atoms with E-state index in [0.29, 0.717) is 36.5 Å². The first-order valence-corrected chi connectivity index (χ1v) is 14.0. The zero-order chi connectivity index (χ0) is 29.1. The lowest BCUT2D eigenvalue weighted by Crippen LogP contribution is -2.42. The van der Waals surface area contributed by atoms with Crippen LogP contribution in [0, 0.1) is 5.92 Å². The van der Waals surface area contributed by atoms with Crippen LogP contribution in [0.15, 0.2) is 58.1 Å². The highest BCUT2D eigenvalue weighted by Gasteiger charge is 2.24. The van der Waals surface area contributed by atoms with Gasteiger partial charge in [-0.2, -0.15) is 5.21 Å². The van der Waals surface area contributed by atoms with Gasteiger partial charge in [-0.1, -0.05) is 75.7 Å². The quantitative estimate of drug-likeness (QED) is 0.255. The number of nitrogens with zero attached hydrogens (tertiary/aromatic N) is 7. The highest BCUT2D eigenvalue weighted by Crippen LogP contribution is 2.30. The molecule has 2 aromatic carbocycles. The molecule has 1 atom stereocenters. The highest BCUT2D eigenvalue weighted by molar-refractivity contribution is 5.80. The lowest BCUT2D eigenvalue weighted by atomic mass is 9.98. The van der Waals surface area contributed by atoms with Crippen molar-refractivity contribution >= 4 is 11.2 Å². The van der Waals surface area contributed by atoms with Crippen LogP contribution in [0.3, 0.4) is 0 Å². The number of imidazole rings is 1. The molecule has 0 saturated carbocycles. The van der Waals surface area contributed by atoms with Gasteiger partial charge in [0, 0.05) is 32.2 Å². The van der Waals surface area contributed by atoms with Crippen LogP contribution in [0.4, 0.5) is 0 Å². The number of unbranched alkanes of at least 4 members (excludes halogenated alkanes) is 1. The molecule has 1 unspecified atom stereocenters. The van der Waals surface area contributed by atoms with E-state index < -0.39 is 11.9 Å². The molecule has 0 radical (unpaired) electrons. The fourth-order valence-electron chi connectivity index (χ4n) is 5.13. The summed E-state index contributed by atoms with van der Waals surface area (Å²) < 4.78 is 10.4. The van der Waals surface area contributed by atoms with Gasteiger partial charge < -0.3 is 9.30 Å². The van der Waals surface area contributed by atoms with Crippen molar-refractivity contribution < 1.29 is 4.74 Å². The smallest absolute Gasteiger partial charge is 0.334 e. The summed E-state index contributed by atoms with van der Waals surface area (Å²) in [5.74, 6) is 1.43. The Morgan fingerprint density at radius 1 is 0.976 bits per heavy atom. The van der Waals surface area contributed by atoms with Crippen LogP contribution in [-0.2, 0) is 24.2 Å². The van der Waals surface area contributed by atoms with Crippen molar-refractivity contribution in [1.29, 1.82) is 0 Å². The molecule has 0 bridgehead atoms. The minimum absolute atomic E-state index is 0.114. The zero-order valence-electron chi connectivity index (χ0n) is 24.2. The predicted molar refractivity (Wildman–Crippen MR) is 158 cm³/mol. The second-order valence-corrected chi connectivity index (χ2v) is 10.7. The molecule has 11 nitrogen and oxygen atoms in total. The van der Waals surface area contributed by atoms with Gasteiger partial charge in [-0.25, -0.2) is 14.3 Å². The molecule has 41 heavy (non-hydrogen) atoms. The molecule has 3 heterocycles. The molecule has 1 N–H and O–H groups in total. The Balaban J connectivity index is 1.62. The van der Waals surface area contributed by atoms with Crippen molar-refractivity contribution in [2.24, 2.45) is 5.92 Å². The number of aromatic amines is 1. The van der Waals surface area contributed by atoms with Crippen LogP contribution in [0.1, 0.15) is 58.2 Å². The number of nitrogens with one attached hydrogen (secondary N) is 1. The number of rotatable bonds is 11. The lowest BCUT2D eigenvalue weighted by Gasteiger charge is -2.18. The van der Waals surface area contributed by atoms with Gasteiger partial charge >= 0.3 is 5.69 Å². The monoisotopic (exact) mass is 556 g/mol. The molecule has 214 valence electrons. The van der Waals surface area contributed by atoms with Gasteiger partial charge in [0.15, 0.2) is 11.2 Å². The van der Waals surface area contributed by atoms with Crippen LogP contribution < -0.4 is 11.2 Å². The SMILES string of the molecule is CCCCc1nc2c(c(=O)n(CC(C)C)c(=O)n2C(C)OC)n1Cc1ccc(-c2ccccc2-c2nn[nH]n2)cc1. The van der Waals surface area contributed by atoms with Crippen LogP contribution in [0.5, 0.6) is 0 Å². The molecule has 0 saturated heterocycles. The number of fused-ring (bicyclic) bond motifs is 1. The molecule has 5 rings (SSSR count). The zero-order valence-corrected chi connectivity index (χ0v) is 24.2. The summed E-state index contributed by atoms with van der Waals surface area (Å²) in [4.78, 5) is 32.2. The van der Waals surface area contributed by atoms with Gasteiger partial charge in [0.1, 0.15) is 12.1 Å². The van der Waals surface area contributed by atoms with E-state index in [2.05, 4.69) is 51.8 Å². The maximum absolute atomic E-state index is 13.9. The van der Waals surface area contributed by atoms with Gasteiger partial charge in [0.25, 0.3) is 5.56 Å². The van der Waals surface area contributed by atoms with E-state index in [-0.39, 0.29) is 11.5 Å². The third-order valence-electron chi connectivity index (χ3n) is 7.27. The first-order valence-electron chi connectivity index (χ1n) is 14.0. The summed E-state index contributed by atoms with van der Waals surface area (Å²) in [7, 11) is 1.55. The largest absolute Gasteiger partial charge is 0.361 e. The number of tetrazole rings is 1. The average Bonchev–Trinajstić information content (AvgIpc) is 3.63. The third kappa shape index (κ3) is 5.49. The number of hydrogen-bond acceptors (Lipinski definition) is 7. The number of methoxy groups -OCH3 is 1. The van der Waals surface area contributed by atoms with E-state index in [1.54, 1.807) is 14.0 Å². The molecule has 0 spiro atoms. The molecule has 0 aliphatic rings. The van der Waals surface area contributed by atoms with E-state index in [1.807, 2.05) is 42.7 Å². The molecular weight excluding hydrogens is 520 g/mol. The summed E-state index contributed by atoms with van der Waals surface area (Å²) in [5, 5.41) is 14.5. The molecule has 0 amide bonds. The van der Waals surface area contributed by atoms with Crippen molar-refractivity contribution in [2.45, 2.75) is 66.3 Å². The molecule has 3 aromatic heterocycles. The Hall–Kier alpha value is -4.38. The number of benzene rings is 2. The van der Waals surface area contributed by atoms with E-state index in [1.165, 1.54) is 9.13 Å². The fraction of sp³-hybridized carbons (Fsp3) is 0.400. The lowest BCUT2D eigenvalue weighted by molar-refractivity contribution is 0.0583. The van der Waals surface area contributed by atoms with Crippen molar-refractivity contribution in [3.8, 4) is 22.5 Å². The number of hydrogen-bond donors (Lipinski definition) is 1. The maximum atomic E-state index is 13.9. The van der Waals surface area contributed by atoms with Crippen LogP contribution in [-0.4, -0.2) is 46.4 Å². The number of ether oxygens (including phenoxy) is 1. The summed E-state index contributed by atoms with van der Waals surface area (Å²) in [6.07, 6.45) is 2.01. The van der Waals surface area contributed by atoms with E-state index in [0.717, 1.165) is 40.9 Å². The van der Waals surface area contributed by atoms with Gasteiger partial charge in [0.05, 0.1) is 0 Å². The Kier molecular flexibility index (Phi) is 8.25. The van der Waals surface area contributed by atoms with Crippen LogP contribution in [0.2, 0.25) is 0 Å². The maximum Gasteiger partial charge on any atom is 0.334 e. The first kappa shape index (κ1) is 28.2. The second kappa shape index (κ2) is 12.0. The van der Waals surface area contributed by atoms with Gasteiger partial charge in [-0.05, 0) is 41.2 Å². The Labute approximate surface area is 237 Å². The summed E-state index contributed by atoms with van der Waals surface area (Å²) in [6, 6.07) is 16.1. The molecule has 0 fully saturated rings.